The quantitative estimate of drug-likeness (QED) is 0.335. The second-order valence-corrected chi connectivity index (χ2v) is 12.6. The summed E-state index contributed by atoms with van der Waals surface area (Å²) in [5, 5.41) is 0.877. The molecule has 1 fully saturated rings. The number of fused-ring (bicyclic) bond motifs is 2. The molecule has 0 spiro atoms. The highest BCUT2D eigenvalue weighted by molar-refractivity contribution is 7.92. The molecule has 3 heterocycles. The molecule has 2 aliphatic heterocycles. The number of rotatable bonds is 6. The minimum atomic E-state index is -3.72. The van der Waals surface area contributed by atoms with Gasteiger partial charge in [-0.1, -0.05) is 29.5 Å². The highest BCUT2D eigenvalue weighted by Crippen LogP contribution is 2.40. The maximum atomic E-state index is 13.4. The van der Waals surface area contributed by atoms with Gasteiger partial charge in [0.15, 0.2) is 16.6 Å². The molecule has 9 nitrogen and oxygen atoms in total. The lowest BCUT2D eigenvalue weighted by molar-refractivity contribution is 0.0746. The molecule has 0 radical (unpaired) electrons. The Hall–Kier alpha value is -3.83. The molecule has 1 aromatic heterocycles. The van der Waals surface area contributed by atoms with Crippen molar-refractivity contribution >= 4 is 48.3 Å². The highest BCUT2D eigenvalue weighted by Gasteiger charge is 2.30. The fourth-order valence-electron chi connectivity index (χ4n) is 5.36. The van der Waals surface area contributed by atoms with Crippen LogP contribution in [-0.4, -0.2) is 71.2 Å². The van der Waals surface area contributed by atoms with E-state index < -0.39 is 10.0 Å². The number of nitrogens with zero attached hydrogens (tertiary/aromatic N) is 4. The number of thiazole rings is 1. The van der Waals surface area contributed by atoms with Crippen LogP contribution < -0.4 is 18.7 Å². The van der Waals surface area contributed by atoms with E-state index in [-0.39, 0.29) is 10.8 Å². The summed E-state index contributed by atoms with van der Waals surface area (Å²) < 4.78 is 40.3. The van der Waals surface area contributed by atoms with Crippen molar-refractivity contribution in [2.45, 2.75) is 17.7 Å². The molecule has 208 valence electrons. The Morgan fingerprint density at radius 1 is 0.900 bits per heavy atom. The lowest BCUT2D eigenvalue weighted by atomic mass is 10.0. The molecule has 0 saturated carbocycles. The van der Waals surface area contributed by atoms with Crippen molar-refractivity contribution in [2.75, 3.05) is 56.1 Å². The average Bonchev–Trinajstić information content (AvgIpc) is 3.44. The van der Waals surface area contributed by atoms with E-state index in [1.165, 1.54) is 4.31 Å². The summed E-state index contributed by atoms with van der Waals surface area (Å²) in [6, 6.07) is 17.8. The van der Waals surface area contributed by atoms with E-state index in [0.717, 1.165) is 39.4 Å². The Bertz CT molecular complexity index is 1660. The molecule has 0 bridgehead atoms. The number of hydrogen-bond acceptors (Lipinski definition) is 8. The van der Waals surface area contributed by atoms with Gasteiger partial charge in [-0.25, -0.2) is 13.4 Å². The van der Waals surface area contributed by atoms with E-state index in [1.54, 1.807) is 54.7 Å². The molecule has 0 atom stereocenters. The summed E-state index contributed by atoms with van der Waals surface area (Å²) in [4.78, 5) is 22.2. The van der Waals surface area contributed by atoms with Crippen LogP contribution >= 0.6 is 11.3 Å². The van der Waals surface area contributed by atoms with Crippen LogP contribution in [0.4, 0.5) is 10.8 Å². The molecule has 0 N–H and O–H groups in total. The smallest absolute Gasteiger partial charge is 0.264 e. The van der Waals surface area contributed by atoms with Gasteiger partial charge >= 0.3 is 0 Å². The zero-order valence-corrected chi connectivity index (χ0v) is 24.0. The van der Waals surface area contributed by atoms with Crippen LogP contribution in [0.25, 0.3) is 10.2 Å². The molecule has 6 rings (SSSR count). The largest absolute Gasteiger partial charge is 0.493 e. The number of aromatic nitrogens is 1. The van der Waals surface area contributed by atoms with Crippen molar-refractivity contribution in [1.82, 2.24) is 9.88 Å². The third-order valence-electron chi connectivity index (χ3n) is 7.49. The fraction of sp³-hybridized carbons (Fsp3) is 0.310. The Morgan fingerprint density at radius 3 is 2.38 bits per heavy atom. The van der Waals surface area contributed by atoms with Crippen LogP contribution in [0.5, 0.6) is 11.5 Å². The van der Waals surface area contributed by atoms with Gasteiger partial charge in [-0.2, -0.15) is 0 Å². The van der Waals surface area contributed by atoms with Gasteiger partial charge in [-0.15, -0.1) is 0 Å². The Balaban J connectivity index is 1.14. The van der Waals surface area contributed by atoms with Gasteiger partial charge in [0.1, 0.15) is 5.52 Å². The number of anilines is 2. The zero-order chi connectivity index (χ0) is 27.9. The van der Waals surface area contributed by atoms with E-state index in [0.29, 0.717) is 49.8 Å². The first-order valence-electron chi connectivity index (χ1n) is 13.2. The predicted molar refractivity (Wildman–Crippen MR) is 157 cm³/mol. The number of carbonyl (C=O) groups is 1. The summed E-state index contributed by atoms with van der Waals surface area (Å²) in [6.45, 7) is 2.82. The Kier molecular flexibility index (Phi) is 7.01. The maximum absolute atomic E-state index is 13.4. The van der Waals surface area contributed by atoms with Crippen molar-refractivity contribution in [3.05, 3.63) is 71.8 Å². The van der Waals surface area contributed by atoms with Gasteiger partial charge in [0.2, 0.25) is 0 Å². The van der Waals surface area contributed by atoms with Gasteiger partial charge in [-0.3, -0.25) is 9.10 Å². The van der Waals surface area contributed by atoms with E-state index >= 15 is 0 Å². The lowest BCUT2D eigenvalue weighted by Gasteiger charge is -2.34. The zero-order valence-electron chi connectivity index (χ0n) is 22.4. The van der Waals surface area contributed by atoms with Crippen LogP contribution in [0.1, 0.15) is 22.3 Å². The van der Waals surface area contributed by atoms with E-state index in [1.807, 2.05) is 36.4 Å². The van der Waals surface area contributed by atoms with Crippen molar-refractivity contribution in [1.29, 1.82) is 0 Å². The number of methoxy groups -OCH3 is 2. The first-order chi connectivity index (χ1) is 19.4. The predicted octanol–water partition coefficient (Wildman–Crippen LogP) is 4.42. The topological polar surface area (TPSA) is 92.3 Å². The summed E-state index contributed by atoms with van der Waals surface area (Å²) in [5.74, 6) is 1.15. The minimum Gasteiger partial charge on any atom is -0.493 e. The van der Waals surface area contributed by atoms with Gasteiger partial charge in [0, 0.05) is 38.3 Å². The second kappa shape index (κ2) is 10.6. The number of amides is 1. The van der Waals surface area contributed by atoms with Gasteiger partial charge in [0.25, 0.3) is 15.9 Å². The van der Waals surface area contributed by atoms with E-state index in [9.17, 15) is 13.2 Å². The molecular weight excluding hydrogens is 548 g/mol. The van der Waals surface area contributed by atoms with Gasteiger partial charge in [0.05, 0.1) is 29.5 Å². The monoisotopic (exact) mass is 578 g/mol. The van der Waals surface area contributed by atoms with Crippen molar-refractivity contribution in [3.63, 3.8) is 0 Å². The normalized spacial score (nSPS) is 15.7. The number of piperazine rings is 1. The van der Waals surface area contributed by atoms with E-state index in [2.05, 4.69) is 4.90 Å². The number of sulfonamides is 1. The number of benzene rings is 3. The highest BCUT2D eigenvalue weighted by atomic mass is 32.2. The molecular formula is C29H30N4O5S2. The third kappa shape index (κ3) is 4.62. The number of hydrogen-bond donors (Lipinski definition) is 0. The van der Waals surface area contributed by atoms with E-state index in [4.69, 9.17) is 14.5 Å². The summed E-state index contributed by atoms with van der Waals surface area (Å²) in [6.07, 6.45) is 1.64. The van der Waals surface area contributed by atoms with Gasteiger partial charge < -0.3 is 19.3 Å². The van der Waals surface area contributed by atoms with Crippen LogP contribution in [-0.2, 0) is 16.4 Å². The van der Waals surface area contributed by atoms with Crippen molar-refractivity contribution < 1.29 is 22.7 Å². The molecule has 1 amide bonds. The molecule has 0 aliphatic carbocycles. The van der Waals surface area contributed by atoms with Crippen molar-refractivity contribution in [2.24, 2.45) is 0 Å². The molecule has 4 aromatic rings. The number of carbonyl (C=O) groups excluding carboxylic acids is 1. The lowest BCUT2D eigenvalue weighted by Crippen LogP contribution is -2.48. The summed E-state index contributed by atoms with van der Waals surface area (Å²) in [5.41, 5.74) is 3.01. The molecule has 2 aliphatic rings. The first kappa shape index (κ1) is 26.4. The average molecular weight is 579 g/mol. The third-order valence-corrected chi connectivity index (χ3v) is 10.4. The Labute approximate surface area is 237 Å². The maximum Gasteiger partial charge on any atom is 0.264 e. The summed E-state index contributed by atoms with van der Waals surface area (Å²) >= 11 is 1.58. The SMILES string of the molecule is COc1ccc2sc(N3CCN(C(=O)c4ccc(S(=O)(=O)N5CCCc6ccccc65)cc4)CC3)nc2c1OC. The van der Waals surface area contributed by atoms with Crippen molar-refractivity contribution in [3.8, 4) is 11.5 Å². The molecule has 1 saturated heterocycles. The van der Waals surface area contributed by atoms with Crippen LogP contribution in [0.15, 0.2) is 65.6 Å². The standard InChI is InChI=1S/C29H30N4O5S2/c1-37-24-13-14-25-26(27(24)38-2)30-29(39-25)32-18-16-31(17-19-32)28(34)21-9-11-22(12-10-21)40(35,36)33-15-5-7-20-6-3-4-8-23(20)33/h3-4,6,8-14H,5,7,15-19H2,1-2H3. The fourth-order valence-corrected chi connectivity index (χ4v) is 7.92. The van der Waals surface area contributed by atoms with Gasteiger partial charge in [-0.05, 0) is 60.9 Å². The molecule has 40 heavy (non-hydrogen) atoms. The van der Waals surface area contributed by atoms with Crippen LogP contribution in [0.2, 0.25) is 0 Å². The molecule has 11 heteroatoms. The Morgan fingerprint density at radius 2 is 1.65 bits per heavy atom. The van der Waals surface area contributed by atoms with Crippen LogP contribution in [0.3, 0.4) is 0 Å². The first-order valence-corrected chi connectivity index (χ1v) is 15.4. The summed E-state index contributed by atoms with van der Waals surface area (Å²) in [7, 11) is -0.511. The molecule has 0 unspecified atom stereocenters. The number of para-hydroxylation sites is 1. The van der Waals surface area contributed by atoms with Crippen LogP contribution in [0, 0.1) is 0 Å². The minimum absolute atomic E-state index is 0.109. The number of aryl methyl sites for hydroxylation is 1. The number of ether oxygens (including phenoxy) is 2. The molecule has 3 aromatic carbocycles. The second-order valence-electron chi connectivity index (χ2n) is 9.76.